The minimum absolute atomic E-state index is 0.105. The van der Waals surface area contributed by atoms with E-state index in [1.165, 1.54) is 12.8 Å². The molecule has 2 atom stereocenters. The lowest BCUT2D eigenvalue weighted by Gasteiger charge is -2.40. The SMILES string of the molecule is OC1CCN([C@H]2CCCC[C@H]2O)CC1. The summed E-state index contributed by atoms with van der Waals surface area (Å²) in [5, 5.41) is 19.3. The first-order valence-electron chi connectivity index (χ1n) is 5.87. The minimum Gasteiger partial charge on any atom is -0.393 e. The summed E-state index contributed by atoms with van der Waals surface area (Å²) in [5.41, 5.74) is 0. The maximum atomic E-state index is 9.88. The fourth-order valence-corrected chi connectivity index (χ4v) is 2.74. The number of nitrogens with zero attached hydrogens (tertiary/aromatic N) is 1. The van der Waals surface area contributed by atoms with Gasteiger partial charge in [0, 0.05) is 19.1 Å². The van der Waals surface area contributed by atoms with Crippen LogP contribution >= 0.6 is 0 Å². The molecular formula is C11H21NO2. The van der Waals surface area contributed by atoms with Crippen LogP contribution < -0.4 is 0 Å². The highest BCUT2D eigenvalue weighted by molar-refractivity contribution is 4.85. The number of aliphatic hydroxyl groups is 2. The van der Waals surface area contributed by atoms with Crippen LogP contribution in [-0.4, -0.2) is 46.5 Å². The Balaban J connectivity index is 1.87. The molecule has 14 heavy (non-hydrogen) atoms. The Morgan fingerprint density at radius 2 is 1.50 bits per heavy atom. The van der Waals surface area contributed by atoms with E-state index in [1.807, 2.05) is 0 Å². The van der Waals surface area contributed by atoms with Gasteiger partial charge in [0.25, 0.3) is 0 Å². The van der Waals surface area contributed by atoms with Crippen molar-refractivity contribution in [1.29, 1.82) is 0 Å². The molecule has 1 aliphatic carbocycles. The Hall–Kier alpha value is -0.120. The molecule has 0 amide bonds. The van der Waals surface area contributed by atoms with Crippen molar-refractivity contribution in [3.05, 3.63) is 0 Å². The Morgan fingerprint density at radius 3 is 2.14 bits per heavy atom. The molecule has 0 bridgehead atoms. The lowest BCUT2D eigenvalue weighted by atomic mass is 9.90. The number of hydrogen-bond donors (Lipinski definition) is 2. The van der Waals surface area contributed by atoms with E-state index in [1.54, 1.807) is 0 Å². The van der Waals surface area contributed by atoms with Gasteiger partial charge in [-0.3, -0.25) is 4.90 Å². The number of rotatable bonds is 1. The van der Waals surface area contributed by atoms with Crippen LogP contribution in [0.2, 0.25) is 0 Å². The van der Waals surface area contributed by atoms with E-state index in [0.29, 0.717) is 6.04 Å². The van der Waals surface area contributed by atoms with Crippen molar-refractivity contribution < 1.29 is 10.2 Å². The van der Waals surface area contributed by atoms with E-state index in [9.17, 15) is 10.2 Å². The van der Waals surface area contributed by atoms with Crippen molar-refractivity contribution in [2.75, 3.05) is 13.1 Å². The summed E-state index contributed by atoms with van der Waals surface area (Å²) in [6.07, 6.45) is 6.05. The number of piperidine rings is 1. The molecule has 2 N–H and O–H groups in total. The van der Waals surface area contributed by atoms with Crippen LogP contribution in [-0.2, 0) is 0 Å². The van der Waals surface area contributed by atoms with Crippen LogP contribution in [0, 0.1) is 0 Å². The van der Waals surface area contributed by atoms with Crippen molar-refractivity contribution in [3.63, 3.8) is 0 Å². The van der Waals surface area contributed by atoms with Gasteiger partial charge in [-0.05, 0) is 25.7 Å². The van der Waals surface area contributed by atoms with Gasteiger partial charge in [0.2, 0.25) is 0 Å². The standard InChI is InChI=1S/C11H21NO2/c13-9-5-7-12(8-6-9)10-3-1-2-4-11(10)14/h9-11,13-14H,1-8H2/t10-,11+/m0/s1. The molecule has 82 valence electrons. The van der Waals surface area contributed by atoms with Gasteiger partial charge in [0.05, 0.1) is 12.2 Å². The first-order valence-corrected chi connectivity index (χ1v) is 5.87. The van der Waals surface area contributed by atoms with Gasteiger partial charge in [-0.1, -0.05) is 12.8 Å². The first-order chi connectivity index (χ1) is 6.77. The number of likely N-dealkylation sites (tertiary alicyclic amines) is 1. The van der Waals surface area contributed by atoms with E-state index >= 15 is 0 Å². The fraction of sp³-hybridized carbons (Fsp3) is 1.00. The van der Waals surface area contributed by atoms with Crippen LogP contribution in [0.4, 0.5) is 0 Å². The van der Waals surface area contributed by atoms with Gasteiger partial charge in [0.1, 0.15) is 0 Å². The van der Waals surface area contributed by atoms with Crippen molar-refractivity contribution in [3.8, 4) is 0 Å². The molecule has 1 aliphatic heterocycles. The van der Waals surface area contributed by atoms with Crippen molar-refractivity contribution in [2.24, 2.45) is 0 Å². The van der Waals surface area contributed by atoms with Crippen LogP contribution in [0.15, 0.2) is 0 Å². The van der Waals surface area contributed by atoms with Gasteiger partial charge in [-0.2, -0.15) is 0 Å². The van der Waals surface area contributed by atoms with Gasteiger partial charge < -0.3 is 10.2 Å². The molecule has 1 heterocycles. The normalized spacial score (nSPS) is 37.3. The van der Waals surface area contributed by atoms with Crippen LogP contribution in [0.1, 0.15) is 38.5 Å². The molecule has 3 heteroatoms. The highest BCUT2D eigenvalue weighted by atomic mass is 16.3. The van der Waals surface area contributed by atoms with Crippen molar-refractivity contribution in [1.82, 2.24) is 4.90 Å². The van der Waals surface area contributed by atoms with Crippen LogP contribution in [0.5, 0.6) is 0 Å². The van der Waals surface area contributed by atoms with Crippen LogP contribution in [0.3, 0.4) is 0 Å². The monoisotopic (exact) mass is 199 g/mol. The van der Waals surface area contributed by atoms with Crippen molar-refractivity contribution in [2.45, 2.75) is 56.8 Å². The smallest absolute Gasteiger partial charge is 0.0695 e. The third-order valence-electron chi connectivity index (χ3n) is 3.66. The first kappa shape index (κ1) is 10.4. The summed E-state index contributed by atoms with van der Waals surface area (Å²) >= 11 is 0. The van der Waals surface area contributed by atoms with Crippen molar-refractivity contribution >= 4 is 0 Å². The van der Waals surface area contributed by atoms with Gasteiger partial charge in [-0.25, -0.2) is 0 Å². The molecule has 0 aromatic heterocycles. The summed E-state index contributed by atoms with van der Waals surface area (Å²) in [7, 11) is 0. The van der Waals surface area contributed by atoms with Crippen LogP contribution in [0.25, 0.3) is 0 Å². The highest BCUT2D eigenvalue weighted by Crippen LogP contribution is 2.25. The van der Waals surface area contributed by atoms with Gasteiger partial charge in [-0.15, -0.1) is 0 Å². The molecule has 1 saturated carbocycles. The quantitative estimate of drug-likeness (QED) is 0.655. The number of aliphatic hydroxyl groups excluding tert-OH is 2. The maximum absolute atomic E-state index is 9.88. The van der Waals surface area contributed by atoms with Gasteiger partial charge in [0.15, 0.2) is 0 Å². The second kappa shape index (κ2) is 4.60. The second-order valence-corrected chi connectivity index (χ2v) is 4.69. The largest absolute Gasteiger partial charge is 0.393 e. The predicted octanol–water partition coefficient (Wildman–Crippen LogP) is 0.747. The zero-order chi connectivity index (χ0) is 9.97. The summed E-state index contributed by atoms with van der Waals surface area (Å²) in [4.78, 5) is 2.37. The van der Waals surface area contributed by atoms with Gasteiger partial charge >= 0.3 is 0 Å². The maximum Gasteiger partial charge on any atom is 0.0695 e. The Bertz CT molecular complexity index is 178. The lowest BCUT2D eigenvalue weighted by molar-refractivity contribution is -0.0113. The minimum atomic E-state index is -0.126. The summed E-state index contributed by atoms with van der Waals surface area (Å²) in [6.45, 7) is 1.92. The zero-order valence-corrected chi connectivity index (χ0v) is 8.73. The van der Waals surface area contributed by atoms with E-state index < -0.39 is 0 Å². The Labute approximate surface area is 85.7 Å². The van der Waals surface area contributed by atoms with E-state index in [-0.39, 0.29) is 12.2 Å². The summed E-state index contributed by atoms with van der Waals surface area (Å²) in [6, 6.07) is 0.372. The molecule has 2 rings (SSSR count). The summed E-state index contributed by atoms with van der Waals surface area (Å²) < 4.78 is 0. The molecule has 3 nitrogen and oxygen atoms in total. The second-order valence-electron chi connectivity index (χ2n) is 4.69. The fourth-order valence-electron chi connectivity index (χ4n) is 2.74. The number of hydrogen-bond acceptors (Lipinski definition) is 3. The molecular weight excluding hydrogens is 178 g/mol. The molecule has 1 saturated heterocycles. The average molecular weight is 199 g/mol. The molecule has 0 unspecified atom stereocenters. The molecule has 0 aromatic carbocycles. The van der Waals surface area contributed by atoms with E-state index in [2.05, 4.69) is 4.90 Å². The molecule has 2 aliphatic rings. The molecule has 0 radical (unpaired) electrons. The molecule has 0 spiro atoms. The third kappa shape index (κ3) is 2.27. The zero-order valence-electron chi connectivity index (χ0n) is 8.73. The Morgan fingerprint density at radius 1 is 0.857 bits per heavy atom. The summed E-state index contributed by atoms with van der Waals surface area (Å²) in [5.74, 6) is 0. The predicted molar refractivity (Wildman–Crippen MR) is 55.1 cm³/mol. The Kier molecular flexibility index (Phi) is 3.42. The molecule has 0 aromatic rings. The highest BCUT2D eigenvalue weighted by Gasteiger charge is 2.30. The average Bonchev–Trinajstić information content (AvgIpc) is 2.20. The topological polar surface area (TPSA) is 43.7 Å². The van der Waals surface area contributed by atoms with E-state index in [0.717, 1.165) is 38.8 Å². The third-order valence-corrected chi connectivity index (χ3v) is 3.66. The van der Waals surface area contributed by atoms with E-state index in [4.69, 9.17) is 0 Å². The molecule has 2 fully saturated rings. The lowest BCUT2D eigenvalue weighted by Crippen LogP contribution is -2.49.